The summed E-state index contributed by atoms with van der Waals surface area (Å²) in [6.07, 6.45) is 62.8. The van der Waals surface area contributed by atoms with Crippen LogP contribution in [0.1, 0.15) is 297 Å². The Morgan fingerprint density at radius 2 is 0.609 bits per heavy atom. The molecule has 0 spiro atoms. The van der Waals surface area contributed by atoms with Crippen molar-refractivity contribution in [3.8, 4) is 0 Å². The van der Waals surface area contributed by atoms with Gasteiger partial charge in [0.1, 0.15) is 13.2 Å². The molecule has 1 atom stereocenters. The molecule has 0 aromatic carbocycles. The molecule has 1 unspecified atom stereocenters. The van der Waals surface area contributed by atoms with E-state index in [1.54, 1.807) is 0 Å². The number of allylic oxidation sites excluding steroid dienone is 6. The van der Waals surface area contributed by atoms with Gasteiger partial charge in [-0.2, -0.15) is 0 Å². The van der Waals surface area contributed by atoms with Crippen LogP contribution in [0.5, 0.6) is 0 Å². The van der Waals surface area contributed by atoms with E-state index in [1.165, 1.54) is 167 Å². The van der Waals surface area contributed by atoms with Crippen molar-refractivity contribution in [3.63, 3.8) is 0 Å². The Hall–Kier alpha value is -2.37. The van der Waals surface area contributed by atoms with E-state index in [0.717, 1.165) is 89.9 Å². The lowest BCUT2D eigenvalue weighted by molar-refractivity contribution is -0.167. The van der Waals surface area contributed by atoms with E-state index in [-0.39, 0.29) is 31.1 Å². The van der Waals surface area contributed by atoms with Gasteiger partial charge in [0.05, 0.1) is 0 Å². The number of unbranched alkanes of at least 4 members (excludes halogenated alkanes) is 34. The summed E-state index contributed by atoms with van der Waals surface area (Å²) in [7, 11) is 0. The molecular formula is C58H106O6. The molecule has 6 nitrogen and oxygen atoms in total. The highest BCUT2D eigenvalue weighted by molar-refractivity contribution is 5.71. The molecule has 0 aliphatic heterocycles. The second-order valence-electron chi connectivity index (χ2n) is 18.8. The van der Waals surface area contributed by atoms with Crippen LogP contribution in [0.2, 0.25) is 0 Å². The van der Waals surface area contributed by atoms with Crippen molar-refractivity contribution in [2.45, 2.75) is 303 Å². The third kappa shape index (κ3) is 50.6. The number of ether oxygens (including phenoxy) is 3. The van der Waals surface area contributed by atoms with Crippen LogP contribution in [-0.4, -0.2) is 37.2 Å². The van der Waals surface area contributed by atoms with Gasteiger partial charge < -0.3 is 14.2 Å². The number of carbonyl (C=O) groups is 3. The van der Waals surface area contributed by atoms with Crippen molar-refractivity contribution in [3.05, 3.63) is 36.5 Å². The maximum absolute atomic E-state index is 12.8. The summed E-state index contributed by atoms with van der Waals surface area (Å²) < 4.78 is 16.8. The van der Waals surface area contributed by atoms with E-state index >= 15 is 0 Å². The van der Waals surface area contributed by atoms with Crippen LogP contribution in [0.3, 0.4) is 0 Å². The van der Waals surface area contributed by atoms with Crippen LogP contribution in [0, 0.1) is 0 Å². The zero-order chi connectivity index (χ0) is 46.5. The van der Waals surface area contributed by atoms with Crippen LogP contribution >= 0.6 is 0 Å². The normalized spacial score (nSPS) is 12.2. The molecule has 64 heavy (non-hydrogen) atoms. The fourth-order valence-corrected chi connectivity index (χ4v) is 8.18. The standard InChI is InChI=1S/C58H106O6/c1-4-7-10-13-16-19-22-25-27-29-30-32-33-36-39-42-45-48-51-57(60)63-54-55(53-62-56(59)50-47-44-41-38-35-24-21-18-15-12-9-6-3)64-58(61)52-49-46-43-40-37-34-31-28-26-23-20-17-14-11-8-5-2/h9,12,18,21,30,32,55H,4-8,10-11,13-17,19-20,22-29,31,33-54H2,1-3H3/b12-9-,21-18-,32-30-. The second-order valence-corrected chi connectivity index (χ2v) is 18.8. The first kappa shape index (κ1) is 61.6. The van der Waals surface area contributed by atoms with E-state index in [9.17, 15) is 14.4 Å². The van der Waals surface area contributed by atoms with E-state index in [1.807, 2.05) is 0 Å². The topological polar surface area (TPSA) is 78.9 Å². The smallest absolute Gasteiger partial charge is 0.306 e. The monoisotopic (exact) mass is 899 g/mol. The molecule has 374 valence electrons. The first-order valence-electron chi connectivity index (χ1n) is 28.0. The van der Waals surface area contributed by atoms with Gasteiger partial charge in [0, 0.05) is 19.3 Å². The van der Waals surface area contributed by atoms with Gasteiger partial charge in [0.2, 0.25) is 0 Å². The number of hydrogen-bond donors (Lipinski definition) is 0. The highest BCUT2D eigenvalue weighted by atomic mass is 16.6. The van der Waals surface area contributed by atoms with Crippen molar-refractivity contribution >= 4 is 17.9 Å². The SMILES string of the molecule is CC/C=C\C/C=C\CCCCCCCC(=O)OCC(COC(=O)CCCCCCC/C=C\CCCCCCCCCCC)OC(=O)CCCCCCCCCCCCCCCCCC. The minimum atomic E-state index is -0.777. The Morgan fingerprint density at radius 1 is 0.328 bits per heavy atom. The van der Waals surface area contributed by atoms with Gasteiger partial charge in [-0.1, -0.05) is 243 Å². The number of carbonyl (C=O) groups excluding carboxylic acids is 3. The molecular weight excluding hydrogens is 793 g/mol. The second kappa shape index (κ2) is 53.2. The van der Waals surface area contributed by atoms with Crippen molar-refractivity contribution in [1.82, 2.24) is 0 Å². The molecule has 0 rings (SSSR count). The molecule has 0 saturated carbocycles. The van der Waals surface area contributed by atoms with E-state index in [4.69, 9.17) is 14.2 Å². The fourth-order valence-electron chi connectivity index (χ4n) is 8.18. The van der Waals surface area contributed by atoms with E-state index in [0.29, 0.717) is 19.3 Å². The highest BCUT2D eigenvalue weighted by Crippen LogP contribution is 2.16. The van der Waals surface area contributed by atoms with E-state index in [2.05, 4.69) is 57.2 Å². The van der Waals surface area contributed by atoms with Gasteiger partial charge >= 0.3 is 17.9 Å². The Labute approximate surface area is 397 Å². The van der Waals surface area contributed by atoms with Gasteiger partial charge in [-0.25, -0.2) is 0 Å². The molecule has 0 aromatic rings. The molecule has 0 aromatic heterocycles. The molecule has 0 saturated heterocycles. The van der Waals surface area contributed by atoms with Crippen LogP contribution in [0.25, 0.3) is 0 Å². The van der Waals surface area contributed by atoms with Gasteiger partial charge in [0.15, 0.2) is 6.10 Å². The maximum Gasteiger partial charge on any atom is 0.306 e. The van der Waals surface area contributed by atoms with Gasteiger partial charge in [0.25, 0.3) is 0 Å². The van der Waals surface area contributed by atoms with Crippen LogP contribution in [0.4, 0.5) is 0 Å². The molecule has 0 radical (unpaired) electrons. The van der Waals surface area contributed by atoms with Crippen molar-refractivity contribution < 1.29 is 28.6 Å². The minimum Gasteiger partial charge on any atom is -0.462 e. The third-order valence-electron chi connectivity index (χ3n) is 12.4. The summed E-state index contributed by atoms with van der Waals surface area (Å²) in [5.74, 6) is -0.885. The first-order chi connectivity index (χ1) is 31.5. The fraction of sp³-hybridized carbons (Fsp3) is 0.845. The Kier molecular flexibility index (Phi) is 51.3. The van der Waals surface area contributed by atoms with Crippen molar-refractivity contribution in [1.29, 1.82) is 0 Å². The van der Waals surface area contributed by atoms with Crippen LogP contribution in [0.15, 0.2) is 36.5 Å². The molecule has 0 fully saturated rings. The summed E-state index contributed by atoms with van der Waals surface area (Å²) >= 11 is 0. The predicted octanol–water partition coefficient (Wildman–Crippen LogP) is 18.5. The first-order valence-corrected chi connectivity index (χ1v) is 28.0. The van der Waals surface area contributed by atoms with Gasteiger partial charge in [-0.3, -0.25) is 14.4 Å². The Morgan fingerprint density at radius 3 is 0.953 bits per heavy atom. The highest BCUT2D eigenvalue weighted by Gasteiger charge is 2.19. The lowest BCUT2D eigenvalue weighted by Gasteiger charge is -2.18. The lowest BCUT2D eigenvalue weighted by atomic mass is 10.0. The molecule has 0 aliphatic rings. The average molecular weight is 899 g/mol. The number of rotatable bonds is 51. The zero-order valence-corrected chi connectivity index (χ0v) is 42.8. The van der Waals surface area contributed by atoms with Gasteiger partial charge in [-0.15, -0.1) is 0 Å². The summed E-state index contributed by atoms with van der Waals surface area (Å²) in [6.45, 7) is 6.55. The largest absolute Gasteiger partial charge is 0.462 e. The zero-order valence-electron chi connectivity index (χ0n) is 42.8. The molecule has 0 N–H and O–H groups in total. The van der Waals surface area contributed by atoms with Crippen LogP contribution in [-0.2, 0) is 28.6 Å². The third-order valence-corrected chi connectivity index (χ3v) is 12.4. The van der Waals surface area contributed by atoms with Gasteiger partial charge in [-0.05, 0) is 70.6 Å². The number of esters is 3. The summed E-state index contributed by atoms with van der Waals surface area (Å²) in [4.78, 5) is 38.1. The van der Waals surface area contributed by atoms with Crippen molar-refractivity contribution in [2.75, 3.05) is 13.2 Å². The Bertz CT molecular complexity index is 1080. The maximum atomic E-state index is 12.8. The Balaban J connectivity index is 4.33. The minimum absolute atomic E-state index is 0.0778. The molecule has 0 aliphatic carbocycles. The summed E-state index contributed by atoms with van der Waals surface area (Å²) in [5.41, 5.74) is 0. The summed E-state index contributed by atoms with van der Waals surface area (Å²) in [6, 6.07) is 0. The molecule has 0 amide bonds. The van der Waals surface area contributed by atoms with Crippen LogP contribution < -0.4 is 0 Å². The lowest BCUT2D eigenvalue weighted by Crippen LogP contribution is -2.30. The molecule has 0 heterocycles. The number of hydrogen-bond acceptors (Lipinski definition) is 6. The predicted molar refractivity (Wildman–Crippen MR) is 275 cm³/mol. The van der Waals surface area contributed by atoms with E-state index < -0.39 is 6.10 Å². The molecule has 6 heteroatoms. The van der Waals surface area contributed by atoms with Crippen molar-refractivity contribution in [2.24, 2.45) is 0 Å². The molecule has 0 bridgehead atoms. The average Bonchev–Trinajstić information content (AvgIpc) is 3.29. The quantitative estimate of drug-likeness (QED) is 0.0262. The summed E-state index contributed by atoms with van der Waals surface area (Å²) in [5, 5.41) is 0.